The van der Waals surface area contributed by atoms with Crippen molar-refractivity contribution in [1.29, 1.82) is 0 Å². The largest absolute Gasteiger partial charge is 0.507 e. The molecule has 0 bridgehead atoms. The number of likely N-dealkylation sites (tertiary alicyclic amines) is 1. The zero-order valence-electron chi connectivity index (χ0n) is 21.2. The molecule has 192 valence electrons. The predicted molar refractivity (Wildman–Crippen MR) is 139 cm³/mol. The van der Waals surface area contributed by atoms with Gasteiger partial charge in [0.2, 0.25) is 0 Å². The van der Waals surface area contributed by atoms with E-state index in [-0.39, 0.29) is 17.3 Å². The van der Waals surface area contributed by atoms with Gasteiger partial charge in [-0.25, -0.2) is 0 Å². The number of morpholine rings is 1. The van der Waals surface area contributed by atoms with Gasteiger partial charge < -0.3 is 19.5 Å². The van der Waals surface area contributed by atoms with Crippen molar-refractivity contribution in [3.63, 3.8) is 0 Å². The van der Waals surface area contributed by atoms with E-state index in [0.717, 1.165) is 51.3 Å². The summed E-state index contributed by atoms with van der Waals surface area (Å²) < 4.78 is 11.1. The molecule has 2 unspecified atom stereocenters. The minimum absolute atomic E-state index is 0.140. The third kappa shape index (κ3) is 5.79. The van der Waals surface area contributed by atoms with Crippen molar-refractivity contribution in [2.45, 2.75) is 38.6 Å². The van der Waals surface area contributed by atoms with Crippen LogP contribution in [0.4, 0.5) is 0 Å². The Morgan fingerprint density at radius 1 is 1.06 bits per heavy atom. The van der Waals surface area contributed by atoms with E-state index in [1.165, 1.54) is 0 Å². The smallest absolute Gasteiger partial charge is 0.295 e. The lowest BCUT2D eigenvalue weighted by Crippen LogP contribution is -2.41. The molecule has 1 N–H and O–H groups in total. The van der Waals surface area contributed by atoms with Gasteiger partial charge in [-0.15, -0.1) is 0 Å². The van der Waals surface area contributed by atoms with E-state index < -0.39 is 17.7 Å². The fourth-order valence-corrected chi connectivity index (χ4v) is 4.98. The van der Waals surface area contributed by atoms with Gasteiger partial charge >= 0.3 is 0 Å². The van der Waals surface area contributed by atoms with E-state index >= 15 is 0 Å². The Kier molecular flexibility index (Phi) is 8.78. The highest BCUT2D eigenvalue weighted by molar-refractivity contribution is 6.46. The summed E-state index contributed by atoms with van der Waals surface area (Å²) in [5, 5.41) is 11.3. The molecule has 0 aromatic heterocycles. The number of benzene rings is 2. The van der Waals surface area contributed by atoms with E-state index in [1.807, 2.05) is 44.2 Å². The zero-order chi connectivity index (χ0) is 25.5. The van der Waals surface area contributed by atoms with Crippen LogP contribution in [0.15, 0.2) is 60.2 Å². The van der Waals surface area contributed by atoms with Crippen LogP contribution in [0.25, 0.3) is 5.76 Å². The average molecular weight is 493 g/mol. The number of ether oxygens (including phenoxy) is 2. The van der Waals surface area contributed by atoms with E-state index in [2.05, 4.69) is 4.90 Å². The second kappa shape index (κ2) is 12.2. The summed E-state index contributed by atoms with van der Waals surface area (Å²) in [6, 6.07) is 16.3. The number of aliphatic hydroxyl groups excluding tert-OH is 1. The van der Waals surface area contributed by atoms with Crippen LogP contribution >= 0.6 is 0 Å². The maximum atomic E-state index is 13.3. The molecule has 2 aliphatic rings. The van der Waals surface area contributed by atoms with Crippen LogP contribution in [0.5, 0.6) is 5.75 Å². The molecule has 7 nitrogen and oxygen atoms in total. The molecule has 2 atom stereocenters. The molecule has 2 saturated heterocycles. The molecule has 4 rings (SSSR count). The first-order valence-corrected chi connectivity index (χ1v) is 12.9. The summed E-state index contributed by atoms with van der Waals surface area (Å²) in [6.07, 6.45) is 1.64. The van der Waals surface area contributed by atoms with Crippen molar-refractivity contribution in [2.24, 2.45) is 0 Å². The summed E-state index contributed by atoms with van der Waals surface area (Å²) in [6.45, 7) is 9.12. The van der Waals surface area contributed by atoms with Crippen LogP contribution in [0, 0.1) is 0 Å². The fourth-order valence-electron chi connectivity index (χ4n) is 4.98. The molecule has 0 radical (unpaired) electrons. The number of hydrogen-bond acceptors (Lipinski definition) is 6. The number of ketones is 1. The summed E-state index contributed by atoms with van der Waals surface area (Å²) in [5.41, 5.74) is 1.68. The highest BCUT2D eigenvalue weighted by Gasteiger charge is 2.47. The van der Waals surface area contributed by atoms with Gasteiger partial charge in [0.15, 0.2) is 0 Å². The number of hydrogen-bond donors (Lipinski definition) is 1. The second-order valence-corrected chi connectivity index (χ2v) is 9.41. The van der Waals surface area contributed by atoms with Crippen LogP contribution in [-0.4, -0.2) is 78.6 Å². The van der Waals surface area contributed by atoms with Crippen molar-refractivity contribution >= 4 is 17.4 Å². The van der Waals surface area contributed by atoms with Gasteiger partial charge in [-0.3, -0.25) is 14.5 Å². The number of nitrogens with zero attached hydrogens (tertiary/aromatic N) is 2. The van der Waals surface area contributed by atoms with Crippen molar-refractivity contribution in [3.05, 3.63) is 71.3 Å². The van der Waals surface area contributed by atoms with Gasteiger partial charge in [-0.2, -0.15) is 0 Å². The lowest BCUT2D eigenvalue weighted by molar-refractivity contribution is -0.140. The summed E-state index contributed by atoms with van der Waals surface area (Å²) in [7, 11) is 0. The molecule has 2 aliphatic heterocycles. The van der Waals surface area contributed by atoms with E-state index in [1.54, 1.807) is 29.2 Å². The number of amides is 1. The van der Waals surface area contributed by atoms with Crippen molar-refractivity contribution in [2.75, 3.05) is 46.0 Å². The van der Waals surface area contributed by atoms with E-state index in [4.69, 9.17) is 9.47 Å². The Hall–Kier alpha value is -3.16. The Labute approximate surface area is 213 Å². The molecular weight excluding hydrogens is 456 g/mol. The number of rotatable bonds is 10. The van der Waals surface area contributed by atoms with Crippen LogP contribution in [0.3, 0.4) is 0 Å². The highest BCUT2D eigenvalue weighted by Crippen LogP contribution is 2.37. The molecule has 0 saturated carbocycles. The average Bonchev–Trinajstić information content (AvgIpc) is 3.17. The highest BCUT2D eigenvalue weighted by atomic mass is 16.5. The Morgan fingerprint density at radius 3 is 2.42 bits per heavy atom. The van der Waals surface area contributed by atoms with E-state index in [0.29, 0.717) is 24.5 Å². The van der Waals surface area contributed by atoms with Gasteiger partial charge in [-0.05, 0) is 42.7 Å². The van der Waals surface area contributed by atoms with Crippen molar-refractivity contribution in [3.8, 4) is 5.75 Å². The molecule has 2 fully saturated rings. The lowest BCUT2D eigenvalue weighted by atomic mass is 9.87. The predicted octanol–water partition coefficient (Wildman–Crippen LogP) is 4.05. The normalized spacial score (nSPS) is 21.1. The molecule has 0 spiro atoms. The third-order valence-electron chi connectivity index (χ3n) is 6.96. The van der Waals surface area contributed by atoms with Crippen LogP contribution < -0.4 is 4.74 Å². The zero-order valence-corrected chi connectivity index (χ0v) is 21.2. The van der Waals surface area contributed by atoms with Crippen LogP contribution in [0.1, 0.15) is 43.7 Å². The summed E-state index contributed by atoms with van der Waals surface area (Å²) in [4.78, 5) is 30.5. The Morgan fingerprint density at radius 2 is 1.75 bits per heavy atom. The number of aliphatic hydroxyl groups is 1. The molecule has 2 aromatic carbocycles. The standard InChI is InChI=1S/C29H36N2O5/c1-3-18-36-24-12-10-23(11-13-24)27(32)25-26(21(2)22-8-5-4-6-9-22)31(29(34)28(25)33)15-7-14-30-16-19-35-20-17-30/h4-6,8-13,21,26,32H,3,7,14-20H2,1-2H3/b27-25+. The van der Waals surface area contributed by atoms with Crippen LogP contribution in [0.2, 0.25) is 0 Å². The number of Topliss-reactive ketones (excluding diaryl/α,β-unsaturated/α-hetero) is 1. The quantitative estimate of drug-likeness (QED) is 0.306. The maximum Gasteiger partial charge on any atom is 0.295 e. The monoisotopic (exact) mass is 492 g/mol. The van der Waals surface area contributed by atoms with Crippen molar-refractivity contribution < 1.29 is 24.2 Å². The summed E-state index contributed by atoms with van der Waals surface area (Å²) >= 11 is 0. The van der Waals surface area contributed by atoms with Gasteiger partial charge in [0, 0.05) is 37.7 Å². The molecule has 0 aliphatic carbocycles. The molecule has 2 aromatic rings. The first-order chi connectivity index (χ1) is 17.5. The number of carbonyl (C=O) groups is 2. The summed E-state index contributed by atoms with van der Waals surface area (Å²) in [5.74, 6) is -0.786. The SMILES string of the molecule is CCCOc1ccc(/C(O)=C2\C(=O)C(=O)N(CCCN3CCOCC3)C2C(C)c2ccccc2)cc1. The van der Waals surface area contributed by atoms with Gasteiger partial charge in [-0.1, -0.05) is 44.2 Å². The van der Waals surface area contributed by atoms with Gasteiger partial charge in [0.25, 0.3) is 11.7 Å². The molecule has 1 amide bonds. The van der Waals surface area contributed by atoms with E-state index in [9.17, 15) is 14.7 Å². The van der Waals surface area contributed by atoms with Gasteiger partial charge in [0.1, 0.15) is 11.5 Å². The van der Waals surface area contributed by atoms with Crippen LogP contribution in [-0.2, 0) is 14.3 Å². The Balaban J connectivity index is 1.63. The first kappa shape index (κ1) is 25.9. The van der Waals surface area contributed by atoms with Gasteiger partial charge in [0.05, 0.1) is 31.4 Å². The second-order valence-electron chi connectivity index (χ2n) is 9.41. The maximum absolute atomic E-state index is 13.3. The number of carbonyl (C=O) groups excluding carboxylic acids is 2. The minimum Gasteiger partial charge on any atom is -0.507 e. The Bertz CT molecular complexity index is 1060. The van der Waals surface area contributed by atoms with Crippen molar-refractivity contribution in [1.82, 2.24) is 9.80 Å². The lowest BCUT2D eigenvalue weighted by Gasteiger charge is -2.32. The minimum atomic E-state index is -0.627. The molecule has 36 heavy (non-hydrogen) atoms. The first-order valence-electron chi connectivity index (χ1n) is 12.9. The molecule has 2 heterocycles. The fraction of sp³-hybridized carbons (Fsp3) is 0.448. The molecular formula is C29H36N2O5. The molecule has 7 heteroatoms. The third-order valence-corrected chi connectivity index (χ3v) is 6.96. The topological polar surface area (TPSA) is 79.3 Å².